The Hall–Kier alpha value is -0.724. The van der Waals surface area contributed by atoms with Crippen molar-refractivity contribution in [1.82, 2.24) is 5.32 Å². The Kier molecular flexibility index (Phi) is 10.7. The summed E-state index contributed by atoms with van der Waals surface area (Å²) in [4.78, 5) is 23.9. The predicted octanol–water partition coefficient (Wildman–Crippen LogP) is -0.163. The number of amides is 1. The second-order valence-corrected chi connectivity index (χ2v) is 6.51. The van der Waals surface area contributed by atoms with Gasteiger partial charge in [0.25, 0.3) is 0 Å². The zero-order valence-corrected chi connectivity index (χ0v) is 19.1. The molecule has 0 spiro atoms. The van der Waals surface area contributed by atoms with Crippen LogP contribution >= 0.6 is 0 Å². The van der Waals surface area contributed by atoms with Gasteiger partial charge in [-0.05, 0) is 35.6 Å². The van der Waals surface area contributed by atoms with Crippen LogP contribution in [0.4, 0.5) is 0 Å². The van der Waals surface area contributed by atoms with Crippen LogP contribution in [0.5, 0.6) is 0 Å². The van der Waals surface area contributed by atoms with E-state index in [2.05, 4.69) is 12.2 Å². The predicted molar refractivity (Wildman–Crippen MR) is 97.9 cm³/mol. The molecule has 0 saturated carbocycles. The fourth-order valence-corrected chi connectivity index (χ4v) is 3.06. The van der Waals surface area contributed by atoms with E-state index in [-0.39, 0.29) is 69.6 Å². The van der Waals surface area contributed by atoms with Crippen LogP contribution in [0.15, 0.2) is 42.5 Å². The fourth-order valence-electron chi connectivity index (χ4n) is 3.06. The Morgan fingerprint density at radius 3 is 2.38 bits per heavy atom. The van der Waals surface area contributed by atoms with E-state index in [4.69, 9.17) is 0 Å². The number of fused-ring (bicyclic) bond motifs is 1. The molecule has 0 radical (unpaired) electrons. The molecule has 2 rings (SSSR count). The van der Waals surface area contributed by atoms with Gasteiger partial charge in [0.15, 0.2) is 0 Å². The number of carbonyl (C=O) groups excluding carboxylic acids is 2. The fraction of sp³-hybridized carbons (Fsp3) is 0.429. The first kappa shape index (κ1) is 23.3. The van der Waals surface area contributed by atoms with Gasteiger partial charge in [0, 0.05) is 5.92 Å². The van der Waals surface area contributed by atoms with Gasteiger partial charge >= 0.3 is 51.4 Å². The van der Waals surface area contributed by atoms with Crippen molar-refractivity contribution in [3.05, 3.63) is 48.0 Å². The molecule has 0 aliphatic rings. The Balaban J connectivity index is 0.00000338. The molecule has 4 nitrogen and oxygen atoms in total. The number of benzene rings is 2. The number of aliphatic carboxylic acids is 1. The number of rotatable bonds is 9. The van der Waals surface area contributed by atoms with Crippen LogP contribution in [0.1, 0.15) is 45.1 Å². The molecular formula is C21H26KNO3. The summed E-state index contributed by atoms with van der Waals surface area (Å²) in [5.74, 6) is -1.57. The van der Waals surface area contributed by atoms with Gasteiger partial charge in [-0.1, -0.05) is 69.2 Å². The van der Waals surface area contributed by atoms with Gasteiger partial charge in [-0.15, -0.1) is 0 Å². The van der Waals surface area contributed by atoms with Crippen LogP contribution < -0.4 is 61.8 Å². The van der Waals surface area contributed by atoms with Crippen LogP contribution in [0.2, 0.25) is 0 Å². The third-order valence-electron chi connectivity index (χ3n) is 4.62. The number of nitrogens with one attached hydrogen (secondary N) is 1. The van der Waals surface area contributed by atoms with E-state index in [1.807, 2.05) is 49.4 Å². The maximum absolute atomic E-state index is 12.4. The monoisotopic (exact) mass is 379 g/mol. The molecule has 2 aromatic rings. The van der Waals surface area contributed by atoms with Crippen molar-refractivity contribution < 1.29 is 66.1 Å². The molecule has 2 unspecified atom stereocenters. The third kappa shape index (κ3) is 6.78. The molecule has 0 aromatic heterocycles. The van der Waals surface area contributed by atoms with E-state index >= 15 is 0 Å². The minimum atomic E-state index is -1.24. The maximum atomic E-state index is 12.4. The zero-order valence-electron chi connectivity index (χ0n) is 16.0. The molecule has 0 heterocycles. The SMILES string of the molecule is CCCCC(CC)C(=O)NC(Cc1ccc2ccccc2c1)C(=O)[O-].[K+]. The van der Waals surface area contributed by atoms with E-state index in [0.29, 0.717) is 6.42 Å². The first-order chi connectivity index (χ1) is 12.0. The van der Waals surface area contributed by atoms with Gasteiger partial charge in [-0.25, -0.2) is 0 Å². The summed E-state index contributed by atoms with van der Waals surface area (Å²) in [7, 11) is 0. The van der Waals surface area contributed by atoms with Gasteiger partial charge in [0.1, 0.15) is 0 Å². The van der Waals surface area contributed by atoms with E-state index in [9.17, 15) is 14.7 Å². The van der Waals surface area contributed by atoms with E-state index < -0.39 is 12.0 Å². The van der Waals surface area contributed by atoms with Crippen LogP contribution in [0.25, 0.3) is 10.8 Å². The summed E-state index contributed by atoms with van der Waals surface area (Å²) in [6.07, 6.45) is 3.71. The number of carbonyl (C=O) groups is 2. The molecule has 0 bridgehead atoms. The Morgan fingerprint density at radius 1 is 1.08 bits per heavy atom. The molecule has 1 N–H and O–H groups in total. The summed E-state index contributed by atoms with van der Waals surface area (Å²) in [5.41, 5.74) is 0.870. The average molecular weight is 380 g/mol. The topological polar surface area (TPSA) is 69.2 Å². The van der Waals surface area contributed by atoms with E-state index in [0.717, 1.165) is 35.6 Å². The molecule has 0 saturated heterocycles. The first-order valence-corrected chi connectivity index (χ1v) is 9.04. The molecule has 2 atom stereocenters. The van der Waals surface area contributed by atoms with Crippen molar-refractivity contribution >= 4 is 22.6 Å². The molecule has 1 amide bonds. The van der Waals surface area contributed by atoms with Crippen molar-refractivity contribution in [2.24, 2.45) is 5.92 Å². The molecule has 0 aliphatic heterocycles. The summed E-state index contributed by atoms with van der Waals surface area (Å²) >= 11 is 0. The van der Waals surface area contributed by atoms with Crippen molar-refractivity contribution in [3.8, 4) is 0 Å². The number of hydrogen-bond donors (Lipinski definition) is 1. The second-order valence-electron chi connectivity index (χ2n) is 6.51. The number of hydrogen-bond acceptors (Lipinski definition) is 3. The molecule has 0 fully saturated rings. The van der Waals surface area contributed by atoms with E-state index in [1.165, 1.54) is 0 Å². The van der Waals surface area contributed by atoms with Crippen LogP contribution in [-0.4, -0.2) is 17.9 Å². The zero-order chi connectivity index (χ0) is 18.2. The Labute approximate surface area is 198 Å². The van der Waals surface area contributed by atoms with Crippen molar-refractivity contribution in [2.75, 3.05) is 0 Å². The number of unbranched alkanes of at least 4 members (excludes halogenated alkanes) is 1. The minimum absolute atomic E-state index is 0. The summed E-state index contributed by atoms with van der Waals surface area (Å²) in [6.45, 7) is 4.03. The van der Waals surface area contributed by atoms with E-state index in [1.54, 1.807) is 0 Å². The molecule has 26 heavy (non-hydrogen) atoms. The molecule has 5 heteroatoms. The van der Waals surface area contributed by atoms with Crippen LogP contribution in [0, 0.1) is 5.92 Å². The average Bonchev–Trinajstić information content (AvgIpc) is 2.61. The number of carboxylic acid groups (broad SMARTS) is 1. The summed E-state index contributed by atoms with van der Waals surface area (Å²) in [6, 6.07) is 12.7. The normalized spacial score (nSPS) is 12.8. The van der Waals surface area contributed by atoms with Crippen molar-refractivity contribution in [3.63, 3.8) is 0 Å². The largest absolute Gasteiger partial charge is 1.00 e. The smallest absolute Gasteiger partial charge is 0.548 e. The maximum Gasteiger partial charge on any atom is 1.00 e. The molecule has 0 aliphatic carbocycles. The number of carboxylic acids is 1. The van der Waals surface area contributed by atoms with Crippen LogP contribution in [0.3, 0.4) is 0 Å². The quantitative estimate of drug-likeness (QED) is 0.616. The van der Waals surface area contributed by atoms with Crippen LogP contribution in [-0.2, 0) is 16.0 Å². The van der Waals surface area contributed by atoms with Gasteiger partial charge < -0.3 is 15.2 Å². The summed E-state index contributed by atoms with van der Waals surface area (Å²) in [5, 5.41) is 16.3. The molecule has 134 valence electrons. The van der Waals surface area contributed by atoms with Gasteiger partial charge in [0.2, 0.25) is 5.91 Å². The standard InChI is InChI=1S/C21H27NO3.K/c1-3-5-8-16(4-2)20(23)22-19(21(24)25)14-15-11-12-17-9-6-7-10-18(17)13-15;/h6-7,9-13,16,19H,3-5,8,14H2,1-2H3,(H,22,23)(H,24,25);/q;+1/p-1. The van der Waals surface area contributed by atoms with Gasteiger partial charge in [0.05, 0.1) is 12.0 Å². The summed E-state index contributed by atoms with van der Waals surface area (Å²) < 4.78 is 0. The Morgan fingerprint density at radius 2 is 1.77 bits per heavy atom. The second kappa shape index (κ2) is 11.9. The molecule has 2 aromatic carbocycles. The van der Waals surface area contributed by atoms with Crippen molar-refractivity contribution in [2.45, 2.75) is 52.0 Å². The van der Waals surface area contributed by atoms with Crippen molar-refractivity contribution in [1.29, 1.82) is 0 Å². The Bertz CT molecular complexity index is 732. The first-order valence-electron chi connectivity index (χ1n) is 9.04. The molecular weight excluding hydrogens is 353 g/mol. The third-order valence-corrected chi connectivity index (χ3v) is 4.62. The minimum Gasteiger partial charge on any atom is -0.548 e. The van der Waals surface area contributed by atoms with Gasteiger partial charge in [-0.3, -0.25) is 4.79 Å². The van der Waals surface area contributed by atoms with Gasteiger partial charge in [-0.2, -0.15) is 0 Å².